The second-order valence-corrected chi connectivity index (χ2v) is 5.06. The number of aromatic hydroxyl groups is 1. The molecule has 0 radical (unpaired) electrons. The van der Waals surface area contributed by atoms with Crippen LogP contribution in [0.15, 0.2) is 24.3 Å². The molecule has 3 rings (SSSR count). The highest BCUT2D eigenvalue weighted by molar-refractivity contribution is 5.99. The number of carboxylic acids is 1. The average molecular weight is 285 g/mol. The molecule has 0 bridgehead atoms. The lowest BCUT2D eigenvalue weighted by Gasteiger charge is -1.99. The number of rotatable bonds is 2. The molecule has 0 atom stereocenters. The molecule has 2 N–H and O–H groups in total. The van der Waals surface area contributed by atoms with Crippen molar-refractivity contribution in [1.82, 2.24) is 14.3 Å². The van der Waals surface area contributed by atoms with Gasteiger partial charge in [0.15, 0.2) is 0 Å². The predicted molar refractivity (Wildman–Crippen MR) is 78.5 cm³/mol. The lowest BCUT2D eigenvalue weighted by Crippen LogP contribution is -2.04. The number of carboxylic acid groups (broad SMARTS) is 1. The van der Waals surface area contributed by atoms with Crippen LogP contribution in [0.1, 0.15) is 16.2 Å². The molecular formula is C15H15N3O3. The quantitative estimate of drug-likeness (QED) is 0.757. The van der Waals surface area contributed by atoms with Crippen molar-refractivity contribution < 1.29 is 15.0 Å². The number of carbonyl (C=O) groups is 1. The molecule has 0 aliphatic rings. The average Bonchev–Trinajstić information content (AvgIpc) is 2.91. The molecule has 0 saturated carbocycles. The van der Waals surface area contributed by atoms with Crippen LogP contribution in [-0.4, -0.2) is 30.5 Å². The maximum Gasteiger partial charge on any atom is 0.354 e. The van der Waals surface area contributed by atoms with Gasteiger partial charge in [-0.3, -0.25) is 4.68 Å². The Morgan fingerprint density at radius 1 is 1.24 bits per heavy atom. The summed E-state index contributed by atoms with van der Waals surface area (Å²) in [5, 5.41) is 24.0. The zero-order valence-electron chi connectivity index (χ0n) is 12.0. The number of phenols is 1. The molecule has 0 fully saturated rings. The van der Waals surface area contributed by atoms with Crippen molar-refractivity contribution in [1.29, 1.82) is 0 Å². The summed E-state index contributed by atoms with van der Waals surface area (Å²) in [4.78, 5) is 11.2. The van der Waals surface area contributed by atoms with E-state index in [4.69, 9.17) is 5.11 Å². The van der Waals surface area contributed by atoms with Crippen LogP contribution in [0.3, 0.4) is 0 Å². The molecule has 3 aromatic rings. The molecule has 0 amide bonds. The topological polar surface area (TPSA) is 80.3 Å². The molecule has 1 aromatic carbocycles. The van der Waals surface area contributed by atoms with Crippen molar-refractivity contribution in [2.75, 3.05) is 0 Å². The maximum atomic E-state index is 11.2. The molecule has 2 aromatic heterocycles. The summed E-state index contributed by atoms with van der Waals surface area (Å²) in [7, 11) is 3.51. The highest BCUT2D eigenvalue weighted by Gasteiger charge is 2.19. The molecule has 0 spiro atoms. The van der Waals surface area contributed by atoms with E-state index in [1.54, 1.807) is 25.2 Å². The Morgan fingerprint density at radius 2 is 1.95 bits per heavy atom. The van der Waals surface area contributed by atoms with Gasteiger partial charge in [0.05, 0.1) is 11.2 Å². The summed E-state index contributed by atoms with van der Waals surface area (Å²) in [5.74, 6) is -0.811. The molecule has 21 heavy (non-hydrogen) atoms. The first kappa shape index (κ1) is 13.2. The van der Waals surface area contributed by atoms with E-state index in [1.807, 2.05) is 24.6 Å². The molecule has 0 aliphatic heterocycles. The molecule has 0 unspecified atom stereocenters. The molecule has 2 heterocycles. The highest BCUT2D eigenvalue weighted by Crippen LogP contribution is 2.35. The van der Waals surface area contributed by atoms with Gasteiger partial charge in [-0.15, -0.1) is 0 Å². The monoisotopic (exact) mass is 285 g/mol. The van der Waals surface area contributed by atoms with E-state index in [0.29, 0.717) is 5.69 Å². The van der Waals surface area contributed by atoms with Crippen molar-refractivity contribution in [2.24, 2.45) is 14.1 Å². The van der Waals surface area contributed by atoms with Crippen LogP contribution < -0.4 is 0 Å². The fourth-order valence-corrected chi connectivity index (χ4v) is 2.67. The van der Waals surface area contributed by atoms with E-state index >= 15 is 0 Å². The predicted octanol–water partition coefficient (Wildman–Crippen LogP) is 2.29. The Labute approximate surface area is 120 Å². The van der Waals surface area contributed by atoms with Crippen LogP contribution >= 0.6 is 0 Å². The Balaban J connectivity index is 2.32. The first-order valence-corrected chi connectivity index (χ1v) is 6.46. The van der Waals surface area contributed by atoms with Crippen LogP contribution in [0.2, 0.25) is 0 Å². The van der Waals surface area contributed by atoms with Gasteiger partial charge >= 0.3 is 5.97 Å². The van der Waals surface area contributed by atoms with Crippen LogP contribution in [0, 0.1) is 6.92 Å². The minimum atomic E-state index is -1.01. The minimum Gasteiger partial charge on any atom is -0.508 e. The van der Waals surface area contributed by atoms with E-state index in [0.717, 1.165) is 22.2 Å². The first-order valence-electron chi connectivity index (χ1n) is 6.46. The van der Waals surface area contributed by atoms with Gasteiger partial charge in [0.2, 0.25) is 0 Å². The van der Waals surface area contributed by atoms with Gasteiger partial charge < -0.3 is 14.8 Å². The van der Waals surface area contributed by atoms with Crippen molar-refractivity contribution >= 4 is 16.9 Å². The second kappa shape index (κ2) is 4.37. The van der Waals surface area contributed by atoms with E-state index < -0.39 is 5.97 Å². The summed E-state index contributed by atoms with van der Waals surface area (Å²) in [6.45, 7) is 1.95. The van der Waals surface area contributed by atoms with E-state index in [9.17, 15) is 9.90 Å². The number of aromatic carboxylic acids is 1. The SMILES string of the molecule is Cc1c(-c2cc(C(=O)O)n(C)n2)c2ccc(O)cc2n1C. The van der Waals surface area contributed by atoms with Gasteiger partial charge in [0.25, 0.3) is 0 Å². The lowest BCUT2D eigenvalue weighted by molar-refractivity contribution is 0.0685. The van der Waals surface area contributed by atoms with E-state index in [2.05, 4.69) is 5.10 Å². The van der Waals surface area contributed by atoms with Crippen LogP contribution in [-0.2, 0) is 14.1 Å². The number of hydrogen-bond acceptors (Lipinski definition) is 3. The fraction of sp³-hybridized carbons (Fsp3) is 0.200. The highest BCUT2D eigenvalue weighted by atomic mass is 16.4. The third-order valence-corrected chi connectivity index (χ3v) is 3.83. The third-order valence-electron chi connectivity index (χ3n) is 3.83. The van der Waals surface area contributed by atoms with Gasteiger partial charge in [-0.05, 0) is 25.1 Å². The standard InChI is InChI=1S/C15H15N3O3/c1-8-14(11-7-13(15(20)21)18(3)16-11)10-5-4-9(19)6-12(10)17(8)2/h4-7,19H,1-3H3,(H,20,21). The number of nitrogens with zero attached hydrogens (tertiary/aromatic N) is 3. The van der Waals surface area contributed by atoms with Crippen LogP contribution in [0.25, 0.3) is 22.2 Å². The van der Waals surface area contributed by atoms with Crippen LogP contribution in [0.5, 0.6) is 5.75 Å². The minimum absolute atomic E-state index is 0.139. The fourth-order valence-electron chi connectivity index (χ4n) is 2.67. The molecule has 0 aliphatic carbocycles. The third kappa shape index (κ3) is 1.87. The van der Waals surface area contributed by atoms with Crippen LogP contribution in [0.4, 0.5) is 0 Å². The molecule has 0 saturated heterocycles. The van der Waals surface area contributed by atoms with E-state index in [-0.39, 0.29) is 11.4 Å². The summed E-state index contributed by atoms with van der Waals surface area (Å²) in [6, 6.07) is 6.69. The maximum absolute atomic E-state index is 11.2. The summed E-state index contributed by atoms with van der Waals surface area (Å²) < 4.78 is 3.32. The number of fused-ring (bicyclic) bond motifs is 1. The smallest absolute Gasteiger partial charge is 0.354 e. The zero-order chi connectivity index (χ0) is 15.3. The first-order chi connectivity index (χ1) is 9.90. The van der Waals surface area contributed by atoms with E-state index in [1.165, 1.54) is 4.68 Å². The Morgan fingerprint density at radius 3 is 2.57 bits per heavy atom. The van der Waals surface area contributed by atoms with Crippen molar-refractivity contribution in [3.63, 3.8) is 0 Å². The number of phenolic OH excluding ortho intramolecular Hbond substituents is 1. The number of aromatic nitrogens is 3. The Bertz CT molecular complexity index is 874. The normalized spacial score (nSPS) is 11.2. The molecule has 108 valence electrons. The summed E-state index contributed by atoms with van der Waals surface area (Å²) >= 11 is 0. The van der Waals surface area contributed by atoms with Gasteiger partial charge in [0.1, 0.15) is 11.4 Å². The lowest BCUT2D eigenvalue weighted by atomic mass is 10.1. The molecule has 6 nitrogen and oxygen atoms in total. The summed E-state index contributed by atoms with van der Waals surface area (Å²) in [6.07, 6.45) is 0. The second-order valence-electron chi connectivity index (χ2n) is 5.06. The van der Waals surface area contributed by atoms with Gasteiger partial charge in [-0.25, -0.2) is 4.79 Å². The van der Waals surface area contributed by atoms with Crippen molar-refractivity contribution in [3.8, 4) is 17.0 Å². The largest absolute Gasteiger partial charge is 0.508 e. The van der Waals surface area contributed by atoms with Gasteiger partial charge in [-0.1, -0.05) is 0 Å². The number of aryl methyl sites for hydroxylation is 2. The van der Waals surface area contributed by atoms with Crippen molar-refractivity contribution in [3.05, 3.63) is 35.7 Å². The molecule has 6 heteroatoms. The molecular weight excluding hydrogens is 270 g/mol. The summed E-state index contributed by atoms with van der Waals surface area (Å²) in [5.41, 5.74) is 3.48. The zero-order valence-corrected chi connectivity index (χ0v) is 12.0. The van der Waals surface area contributed by atoms with Gasteiger partial charge in [-0.2, -0.15) is 5.10 Å². The van der Waals surface area contributed by atoms with Crippen molar-refractivity contribution in [2.45, 2.75) is 6.92 Å². The Kier molecular flexibility index (Phi) is 2.76. The number of benzene rings is 1. The number of hydrogen-bond donors (Lipinski definition) is 2. The van der Waals surface area contributed by atoms with Gasteiger partial charge in [0, 0.05) is 36.8 Å². The Hall–Kier alpha value is -2.76.